The first-order chi connectivity index (χ1) is 11.5. The van der Waals surface area contributed by atoms with Crippen molar-refractivity contribution in [3.63, 3.8) is 0 Å². The van der Waals surface area contributed by atoms with Crippen molar-refractivity contribution in [1.29, 1.82) is 0 Å². The molecule has 0 spiro atoms. The maximum Gasteiger partial charge on any atom is 0.253 e. The fourth-order valence-corrected chi connectivity index (χ4v) is 3.86. The van der Waals surface area contributed by atoms with Gasteiger partial charge in [-0.1, -0.05) is 23.2 Å². The lowest BCUT2D eigenvalue weighted by Gasteiger charge is -2.24. The molecule has 1 aromatic rings. The molecule has 0 unspecified atom stereocenters. The summed E-state index contributed by atoms with van der Waals surface area (Å²) < 4.78 is 0. The molecule has 3 rings (SSSR count). The van der Waals surface area contributed by atoms with Gasteiger partial charge in [0.1, 0.15) is 0 Å². The smallest absolute Gasteiger partial charge is 0.253 e. The summed E-state index contributed by atoms with van der Waals surface area (Å²) in [5, 5.41) is 22.5. The van der Waals surface area contributed by atoms with E-state index in [-0.39, 0.29) is 43.6 Å². The number of hydrogen-bond acceptors (Lipinski definition) is 4. The average Bonchev–Trinajstić information content (AvgIpc) is 3.33. The van der Waals surface area contributed by atoms with Gasteiger partial charge >= 0.3 is 0 Å². The maximum atomic E-state index is 12.7. The van der Waals surface area contributed by atoms with Crippen molar-refractivity contribution < 1.29 is 15.0 Å². The Morgan fingerprint density at radius 3 is 2.60 bits per heavy atom. The van der Waals surface area contributed by atoms with Gasteiger partial charge in [0.15, 0.2) is 0 Å². The van der Waals surface area contributed by atoms with E-state index in [1.807, 2.05) is 13.0 Å². The number of halogens is 2. The van der Waals surface area contributed by atoms with Crippen molar-refractivity contribution in [1.82, 2.24) is 10.2 Å². The Balaban J connectivity index is 0.00000225. The lowest BCUT2D eigenvalue weighted by atomic mass is 9.97. The van der Waals surface area contributed by atoms with Crippen LogP contribution in [0.2, 0.25) is 5.02 Å². The molecular weight excluding hydrogens is 363 g/mol. The first-order valence-electron chi connectivity index (χ1n) is 8.56. The number of aliphatic hydroxyl groups is 2. The van der Waals surface area contributed by atoms with E-state index in [0.29, 0.717) is 29.0 Å². The third-order valence-electron chi connectivity index (χ3n) is 5.24. The second-order valence-electron chi connectivity index (χ2n) is 7.04. The van der Waals surface area contributed by atoms with Gasteiger partial charge in [-0.05, 0) is 43.7 Å². The highest BCUT2D eigenvalue weighted by Crippen LogP contribution is 2.42. The first kappa shape index (κ1) is 20.5. The molecular formula is C18H26Cl2N2O3. The molecule has 0 aromatic heterocycles. The van der Waals surface area contributed by atoms with Crippen LogP contribution < -0.4 is 5.32 Å². The third kappa shape index (κ3) is 4.66. The second-order valence-corrected chi connectivity index (χ2v) is 7.44. The molecule has 2 atom stereocenters. The van der Waals surface area contributed by atoms with Crippen LogP contribution in [0.3, 0.4) is 0 Å². The van der Waals surface area contributed by atoms with Gasteiger partial charge in [0.2, 0.25) is 0 Å². The Labute approximate surface area is 159 Å². The zero-order valence-corrected chi connectivity index (χ0v) is 15.9. The van der Waals surface area contributed by atoms with Crippen LogP contribution in [-0.2, 0) is 0 Å². The van der Waals surface area contributed by atoms with Gasteiger partial charge in [0, 0.05) is 19.1 Å². The average molecular weight is 389 g/mol. The van der Waals surface area contributed by atoms with Gasteiger partial charge in [-0.2, -0.15) is 0 Å². The van der Waals surface area contributed by atoms with Crippen molar-refractivity contribution in [2.24, 2.45) is 11.8 Å². The second kappa shape index (κ2) is 8.69. The van der Waals surface area contributed by atoms with Crippen LogP contribution in [0.5, 0.6) is 0 Å². The largest absolute Gasteiger partial charge is 0.395 e. The van der Waals surface area contributed by atoms with E-state index < -0.39 is 0 Å². The monoisotopic (exact) mass is 388 g/mol. The van der Waals surface area contributed by atoms with E-state index in [1.54, 1.807) is 12.1 Å². The number of likely N-dealkylation sites (tertiary alicyclic amines) is 1. The number of rotatable bonds is 6. The number of carbonyl (C=O) groups is 1. The fraction of sp³-hybridized carbons (Fsp3) is 0.611. The van der Waals surface area contributed by atoms with Crippen molar-refractivity contribution >= 4 is 29.9 Å². The summed E-state index contributed by atoms with van der Waals surface area (Å²) in [5.41, 5.74) is 1.50. The van der Waals surface area contributed by atoms with Gasteiger partial charge in [0.05, 0.1) is 29.8 Å². The molecule has 3 N–H and O–H groups in total. The summed E-state index contributed by atoms with van der Waals surface area (Å²) in [6, 6.07) is 5.22. The first-order valence-corrected chi connectivity index (χ1v) is 8.94. The molecule has 7 heteroatoms. The van der Waals surface area contributed by atoms with Crippen LogP contribution in [0.15, 0.2) is 18.2 Å². The van der Waals surface area contributed by atoms with E-state index in [0.717, 1.165) is 12.1 Å². The van der Waals surface area contributed by atoms with E-state index >= 15 is 0 Å². The van der Waals surface area contributed by atoms with Gasteiger partial charge in [-0.15, -0.1) is 12.4 Å². The number of carbonyl (C=O) groups excluding carboxylic acids is 1. The summed E-state index contributed by atoms with van der Waals surface area (Å²) in [5.74, 6) is 0.857. The molecule has 1 saturated carbocycles. The highest BCUT2D eigenvalue weighted by atomic mass is 35.5. The van der Waals surface area contributed by atoms with E-state index in [2.05, 4.69) is 10.2 Å². The minimum Gasteiger partial charge on any atom is -0.395 e. The van der Waals surface area contributed by atoms with Crippen molar-refractivity contribution in [2.45, 2.75) is 31.8 Å². The molecule has 1 amide bonds. The van der Waals surface area contributed by atoms with Gasteiger partial charge in [0.25, 0.3) is 5.91 Å². The molecule has 1 aromatic carbocycles. The molecule has 1 heterocycles. The molecule has 1 aliphatic carbocycles. The molecule has 5 nitrogen and oxygen atoms in total. The molecule has 25 heavy (non-hydrogen) atoms. The van der Waals surface area contributed by atoms with E-state index in [4.69, 9.17) is 11.6 Å². The van der Waals surface area contributed by atoms with Crippen molar-refractivity contribution in [3.8, 4) is 0 Å². The quantitative estimate of drug-likeness (QED) is 0.695. The zero-order chi connectivity index (χ0) is 17.3. The van der Waals surface area contributed by atoms with Crippen molar-refractivity contribution in [2.75, 3.05) is 26.3 Å². The Bertz CT molecular complexity index is 606. The maximum absolute atomic E-state index is 12.7. The summed E-state index contributed by atoms with van der Waals surface area (Å²) in [6.07, 6.45) is 2.39. The SMILES string of the molecule is Cc1ccc(Cl)c(C(=O)N[C@H]2CN(C(CO)CO)C[C@@H]2C2CC2)c1.Cl. The third-order valence-corrected chi connectivity index (χ3v) is 5.57. The van der Waals surface area contributed by atoms with Crippen LogP contribution >= 0.6 is 24.0 Å². The minimum absolute atomic E-state index is 0. The number of nitrogens with one attached hydrogen (secondary N) is 1. The number of nitrogens with zero attached hydrogens (tertiary/aromatic N) is 1. The lowest BCUT2D eigenvalue weighted by Crippen LogP contribution is -2.43. The molecule has 0 radical (unpaired) electrons. The number of hydrogen-bond donors (Lipinski definition) is 3. The van der Waals surface area contributed by atoms with Crippen LogP contribution in [0.1, 0.15) is 28.8 Å². The molecule has 140 valence electrons. The minimum atomic E-state index is -0.254. The van der Waals surface area contributed by atoms with E-state index in [9.17, 15) is 15.0 Å². The van der Waals surface area contributed by atoms with Crippen LogP contribution in [0.4, 0.5) is 0 Å². The van der Waals surface area contributed by atoms with Crippen LogP contribution in [0.25, 0.3) is 0 Å². The molecule has 1 aliphatic heterocycles. The number of aryl methyl sites for hydroxylation is 1. The predicted octanol–water partition coefficient (Wildman–Crippen LogP) is 1.86. The van der Waals surface area contributed by atoms with Crippen LogP contribution in [-0.4, -0.2) is 59.4 Å². The topological polar surface area (TPSA) is 72.8 Å². The summed E-state index contributed by atoms with van der Waals surface area (Å²) >= 11 is 6.17. The molecule has 2 aliphatic rings. The Kier molecular flexibility index (Phi) is 7.11. The number of aliphatic hydroxyl groups excluding tert-OH is 2. The van der Waals surface area contributed by atoms with E-state index in [1.165, 1.54) is 12.8 Å². The summed E-state index contributed by atoms with van der Waals surface area (Å²) in [6.45, 7) is 3.26. The normalized spacial score (nSPS) is 23.6. The highest BCUT2D eigenvalue weighted by molar-refractivity contribution is 6.33. The number of benzene rings is 1. The zero-order valence-electron chi connectivity index (χ0n) is 14.3. The molecule has 2 fully saturated rings. The number of amides is 1. The molecule has 0 bridgehead atoms. The summed E-state index contributed by atoms with van der Waals surface area (Å²) in [4.78, 5) is 14.8. The van der Waals surface area contributed by atoms with Gasteiger partial charge in [-0.3, -0.25) is 9.69 Å². The van der Waals surface area contributed by atoms with Gasteiger partial charge < -0.3 is 15.5 Å². The molecule has 1 saturated heterocycles. The van der Waals surface area contributed by atoms with Crippen LogP contribution in [0, 0.1) is 18.8 Å². The summed E-state index contributed by atoms with van der Waals surface area (Å²) in [7, 11) is 0. The Morgan fingerprint density at radius 1 is 1.32 bits per heavy atom. The fourth-order valence-electron chi connectivity index (χ4n) is 3.66. The lowest BCUT2D eigenvalue weighted by molar-refractivity contribution is 0.0853. The highest BCUT2D eigenvalue weighted by Gasteiger charge is 2.44. The predicted molar refractivity (Wildman–Crippen MR) is 100 cm³/mol. The standard InChI is InChI=1S/C18H25ClN2O3.ClH/c1-11-2-5-16(19)14(6-11)18(24)20-17-8-21(13(9-22)10-23)7-15(17)12-3-4-12;/h2,5-6,12-13,15,17,22-23H,3-4,7-10H2,1H3,(H,20,24);1H/t15-,17+;/m1./s1. The van der Waals surface area contributed by atoms with Gasteiger partial charge in [-0.25, -0.2) is 0 Å². The van der Waals surface area contributed by atoms with Crippen molar-refractivity contribution in [3.05, 3.63) is 34.3 Å². The Hall–Kier alpha value is -0.850. The Morgan fingerprint density at radius 2 is 2.00 bits per heavy atom.